The van der Waals surface area contributed by atoms with E-state index in [0.717, 1.165) is 36.3 Å². The van der Waals surface area contributed by atoms with Gasteiger partial charge in [-0.15, -0.1) is 0 Å². The predicted molar refractivity (Wildman–Crippen MR) is 68.5 cm³/mol. The lowest BCUT2D eigenvalue weighted by atomic mass is 10.2. The fourth-order valence-electron chi connectivity index (χ4n) is 1.30. The highest BCUT2D eigenvalue weighted by Gasteiger charge is 2.01. The van der Waals surface area contributed by atoms with Crippen LogP contribution in [0.15, 0.2) is 22.7 Å². The molecule has 1 N–H and O–H groups in total. The molecule has 0 radical (unpaired) electrons. The maximum Gasteiger partial charge on any atom is 0.101 e. The van der Waals surface area contributed by atoms with Crippen molar-refractivity contribution in [2.24, 2.45) is 0 Å². The van der Waals surface area contributed by atoms with Crippen LogP contribution >= 0.6 is 15.9 Å². The molecule has 0 amide bonds. The third kappa shape index (κ3) is 4.21. The van der Waals surface area contributed by atoms with Crippen LogP contribution in [-0.2, 0) is 4.74 Å². The Morgan fingerprint density at radius 3 is 3.00 bits per heavy atom. The van der Waals surface area contributed by atoms with Crippen molar-refractivity contribution < 1.29 is 4.74 Å². The molecule has 1 aromatic rings. The number of ether oxygens (including phenoxy) is 1. The van der Waals surface area contributed by atoms with Gasteiger partial charge in [0.25, 0.3) is 0 Å². The van der Waals surface area contributed by atoms with E-state index in [9.17, 15) is 0 Å². The number of rotatable bonds is 6. The maximum absolute atomic E-state index is 8.95. The van der Waals surface area contributed by atoms with Crippen molar-refractivity contribution in [3.05, 3.63) is 28.2 Å². The van der Waals surface area contributed by atoms with Gasteiger partial charge in [-0.25, -0.2) is 0 Å². The first-order chi connectivity index (χ1) is 7.77. The highest BCUT2D eigenvalue weighted by atomic mass is 79.9. The van der Waals surface area contributed by atoms with Gasteiger partial charge in [-0.05, 0) is 31.5 Å². The number of hydrogen-bond acceptors (Lipinski definition) is 3. The Balaban J connectivity index is 2.45. The molecule has 0 aliphatic heterocycles. The van der Waals surface area contributed by atoms with Crippen molar-refractivity contribution in [1.29, 1.82) is 5.26 Å². The Bertz CT molecular complexity index is 374. The molecule has 0 aliphatic rings. The summed E-state index contributed by atoms with van der Waals surface area (Å²) >= 11 is 3.34. The predicted octanol–water partition coefficient (Wildman–Crippen LogP) is 3.16. The first-order valence-corrected chi connectivity index (χ1v) is 6.08. The zero-order valence-corrected chi connectivity index (χ0v) is 10.9. The van der Waals surface area contributed by atoms with Crippen molar-refractivity contribution >= 4 is 21.6 Å². The van der Waals surface area contributed by atoms with Crippen LogP contribution < -0.4 is 5.32 Å². The lowest BCUT2D eigenvalue weighted by molar-refractivity contribution is 0.147. The third-order valence-corrected chi connectivity index (χ3v) is 2.58. The molecule has 0 saturated heterocycles. The standard InChI is InChI=1S/C12H15BrN2O/c1-2-16-7-3-6-15-12-5-4-11(13)8-10(12)9-14/h4-5,8,15H,2-3,6-7H2,1H3. The number of hydrogen-bond donors (Lipinski definition) is 1. The first-order valence-electron chi connectivity index (χ1n) is 5.29. The van der Waals surface area contributed by atoms with Gasteiger partial charge >= 0.3 is 0 Å². The minimum atomic E-state index is 0.658. The zero-order chi connectivity index (χ0) is 11.8. The van der Waals surface area contributed by atoms with Gasteiger partial charge in [0.2, 0.25) is 0 Å². The van der Waals surface area contributed by atoms with Crippen molar-refractivity contribution in [3.8, 4) is 6.07 Å². The molecule has 0 bridgehead atoms. The Kier molecular flexibility index (Phi) is 5.91. The van der Waals surface area contributed by atoms with E-state index in [0.29, 0.717) is 5.56 Å². The van der Waals surface area contributed by atoms with Crippen molar-refractivity contribution in [2.45, 2.75) is 13.3 Å². The molecule has 1 aromatic carbocycles. The van der Waals surface area contributed by atoms with E-state index < -0.39 is 0 Å². The Hall–Kier alpha value is -1.05. The fraction of sp³-hybridized carbons (Fsp3) is 0.417. The van der Waals surface area contributed by atoms with Crippen LogP contribution in [0, 0.1) is 11.3 Å². The average molecular weight is 283 g/mol. The number of benzene rings is 1. The van der Waals surface area contributed by atoms with Crippen LogP contribution in [-0.4, -0.2) is 19.8 Å². The molecule has 0 spiro atoms. The van der Waals surface area contributed by atoms with Gasteiger partial charge in [0.15, 0.2) is 0 Å². The highest BCUT2D eigenvalue weighted by Crippen LogP contribution is 2.20. The van der Waals surface area contributed by atoms with Gasteiger partial charge in [0, 0.05) is 24.2 Å². The molecule has 4 heteroatoms. The molecule has 0 fully saturated rings. The monoisotopic (exact) mass is 282 g/mol. The van der Waals surface area contributed by atoms with Crippen LogP contribution in [0.25, 0.3) is 0 Å². The molecule has 0 aliphatic carbocycles. The summed E-state index contributed by atoms with van der Waals surface area (Å²) < 4.78 is 6.15. The highest BCUT2D eigenvalue weighted by molar-refractivity contribution is 9.10. The number of nitrogens with zero attached hydrogens (tertiary/aromatic N) is 1. The van der Waals surface area contributed by atoms with E-state index in [-0.39, 0.29) is 0 Å². The molecule has 86 valence electrons. The van der Waals surface area contributed by atoms with E-state index in [4.69, 9.17) is 10.00 Å². The van der Waals surface area contributed by atoms with E-state index in [2.05, 4.69) is 27.3 Å². The van der Waals surface area contributed by atoms with Gasteiger partial charge < -0.3 is 10.1 Å². The molecule has 0 aromatic heterocycles. The molecular formula is C12H15BrN2O. The first kappa shape index (κ1) is 13.0. The zero-order valence-electron chi connectivity index (χ0n) is 9.29. The summed E-state index contributed by atoms with van der Waals surface area (Å²) in [4.78, 5) is 0. The Morgan fingerprint density at radius 2 is 2.31 bits per heavy atom. The lowest BCUT2D eigenvalue weighted by Crippen LogP contribution is -2.06. The third-order valence-electron chi connectivity index (χ3n) is 2.09. The second-order valence-electron chi connectivity index (χ2n) is 3.28. The number of anilines is 1. The van der Waals surface area contributed by atoms with E-state index >= 15 is 0 Å². The topological polar surface area (TPSA) is 45.0 Å². The smallest absolute Gasteiger partial charge is 0.101 e. The SMILES string of the molecule is CCOCCCNc1ccc(Br)cc1C#N. The summed E-state index contributed by atoms with van der Waals surface area (Å²) in [6.45, 7) is 4.30. The molecule has 3 nitrogen and oxygen atoms in total. The average Bonchev–Trinajstić information content (AvgIpc) is 2.30. The molecule has 0 atom stereocenters. The molecular weight excluding hydrogens is 268 g/mol. The Morgan fingerprint density at radius 1 is 1.50 bits per heavy atom. The molecule has 16 heavy (non-hydrogen) atoms. The summed E-state index contributed by atoms with van der Waals surface area (Å²) in [6, 6.07) is 7.80. The lowest BCUT2D eigenvalue weighted by Gasteiger charge is -2.08. The summed E-state index contributed by atoms with van der Waals surface area (Å²) in [5.41, 5.74) is 1.54. The molecule has 0 unspecified atom stereocenters. The summed E-state index contributed by atoms with van der Waals surface area (Å²) in [6.07, 6.45) is 0.939. The van der Waals surface area contributed by atoms with E-state index in [1.54, 1.807) is 0 Å². The minimum absolute atomic E-state index is 0.658. The van der Waals surface area contributed by atoms with E-state index in [1.165, 1.54) is 0 Å². The second-order valence-corrected chi connectivity index (χ2v) is 4.19. The summed E-state index contributed by atoms with van der Waals surface area (Å²) in [7, 11) is 0. The molecule has 0 heterocycles. The maximum atomic E-state index is 8.95. The Labute approximate surface area is 105 Å². The van der Waals surface area contributed by atoms with Crippen molar-refractivity contribution in [3.63, 3.8) is 0 Å². The fourth-order valence-corrected chi connectivity index (χ4v) is 1.67. The van der Waals surface area contributed by atoms with Crippen LogP contribution in [0.2, 0.25) is 0 Å². The van der Waals surface area contributed by atoms with Crippen LogP contribution in [0.4, 0.5) is 5.69 Å². The number of nitriles is 1. The number of halogens is 1. The normalized spacial score (nSPS) is 9.81. The van der Waals surface area contributed by atoms with Gasteiger partial charge in [0.1, 0.15) is 6.07 Å². The minimum Gasteiger partial charge on any atom is -0.384 e. The molecule has 0 saturated carbocycles. The van der Waals surface area contributed by atoms with Gasteiger partial charge in [-0.3, -0.25) is 0 Å². The quantitative estimate of drug-likeness (QED) is 0.816. The van der Waals surface area contributed by atoms with Crippen LogP contribution in [0.1, 0.15) is 18.9 Å². The largest absolute Gasteiger partial charge is 0.384 e. The number of nitrogens with one attached hydrogen (secondary N) is 1. The van der Waals surface area contributed by atoms with Gasteiger partial charge in [0.05, 0.1) is 11.3 Å². The van der Waals surface area contributed by atoms with Gasteiger partial charge in [-0.1, -0.05) is 15.9 Å². The van der Waals surface area contributed by atoms with Crippen LogP contribution in [0.5, 0.6) is 0 Å². The van der Waals surface area contributed by atoms with Crippen molar-refractivity contribution in [1.82, 2.24) is 0 Å². The van der Waals surface area contributed by atoms with Crippen molar-refractivity contribution in [2.75, 3.05) is 25.1 Å². The summed E-state index contributed by atoms with van der Waals surface area (Å²) in [5.74, 6) is 0. The van der Waals surface area contributed by atoms with E-state index in [1.807, 2.05) is 25.1 Å². The summed E-state index contributed by atoms with van der Waals surface area (Å²) in [5, 5.41) is 12.2. The second kappa shape index (κ2) is 7.26. The molecule has 1 rings (SSSR count). The van der Waals surface area contributed by atoms with Gasteiger partial charge in [-0.2, -0.15) is 5.26 Å². The van der Waals surface area contributed by atoms with Crippen LogP contribution in [0.3, 0.4) is 0 Å².